The molecule has 0 atom stereocenters. The Balaban J connectivity index is 1.69. The summed E-state index contributed by atoms with van der Waals surface area (Å²) in [6, 6.07) is 11.0. The van der Waals surface area contributed by atoms with Gasteiger partial charge in [-0.3, -0.25) is 20.8 Å². The number of carbonyl (C=O) groups is 2. The lowest BCUT2D eigenvalue weighted by molar-refractivity contribution is -0.491. The molecule has 0 saturated carbocycles. The summed E-state index contributed by atoms with van der Waals surface area (Å²) >= 11 is 4.27. The quantitative estimate of drug-likeness (QED) is 0.0335. The molecule has 47 heavy (non-hydrogen) atoms. The largest absolute Gasteiger partial charge is 0.461 e. The maximum Gasteiger partial charge on any atom is 0.338 e. The van der Waals surface area contributed by atoms with Gasteiger partial charge in [0.15, 0.2) is 0 Å². The van der Waals surface area contributed by atoms with Gasteiger partial charge >= 0.3 is 11.9 Å². The first-order valence-corrected chi connectivity index (χ1v) is 17.9. The molecular formula is C30H40N4O10S3. The third-order valence-corrected chi connectivity index (χ3v) is 8.91. The molecule has 0 fully saturated rings. The highest BCUT2D eigenvalue weighted by Crippen LogP contribution is 2.21. The molecule has 0 aliphatic rings. The van der Waals surface area contributed by atoms with Gasteiger partial charge in [-0.25, -0.2) is 24.2 Å². The minimum absolute atomic E-state index is 0.0419. The van der Waals surface area contributed by atoms with E-state index in [2.05, 4.69) is 26.1 Å². The predicted molar refractivity (Wildman–Crippen MR) is 176 cm³/mol. The second-order valence-electron chi connectivity index (χ2n) is 9.79. The summed E-state index contributed by atoms with van der Waals surface area (Å²) < 4.78 is 12.9. The summed E-state index contributed by atoms with van der Waals surface area (Å²) in [6.45, 7) is 2.91. The summed E-state index contributed by atoms with van der Waals surface area (Å²) in [5.41, 5.74) is 2.59. The minimum Gasteiger partial charge on any atom is -0.461 e. The molecular weight excluding hydrogens is 673 g/mol. The van der Waals surface area contributed by atoms with E-state index in [0.717, 1.165) is 41.2 Å². The number of nitrogens with zero attached hydrogens (tertiary/aromatic N) is 4. The van der Waals surface area contributed by atoms with Crippen LogP contribution in [0.15, 0.2) is 53.5 Å². The van der Waals surface area contributed by atoms with Crippen molar-refractivity contribution in [1.29, 1.82) is 0 Å². The van der Waals surface area contributed by atoms with Gasteiger partial charge in [0.2, 0.25) is 0 Å². The molecule has 0 spiro atoms. The van der Waals surface area contributed by atoms with E-state index < -0.39 is 11.9 Å². The molecule has 0 aliphatic carbocycles. The first kappa shape index (κ1) is 38.6. The van der Waals surface area contributed by atoms with Crippen molar-refractivity contribution in [3.05, 3.63) is 81.1 Å². The van der Waals surface area contributed by atoms with Gasteiger partial charge in [-0.05, 0) is 41.6 Å². The Morgan fingerprint density at radius 3 is 2.32 bits per heavy atom. The van der Waals surface area contributed by atoms with Gasteiger partial charge < -0.3 is 14.0 Å². The number of thioether (sulfide) groups is 2. The number of ether oxygens (including phenoxy) is 2. The number of unbranched alkanes of at least 4 members (excludes halogenated alkanes) is 1. The number of benzene rings is 1. The van der Waals surface area contributed by atoms with E-state index in [1.54, 1.807) is 29.7 Å². The molecule has 17 heteroatoms. The van der Waals surface area contributed by atoms with E-state index in [-0.39, 0.29) is 36.5 Å². The molecule has 2 heterocycles. The molecule has 2 aromatic heterocycles. The molecule has 0 unspecified atom stereocenters. The Morgan fingerprint density at radius 2 is 1.66 bits per heavy atom. The fourth-order valence-electron chi connectivity index (χ4n) is 4.13. The standard InChI is InChI=1S/C30H40N4O10S3/c1-2-3-6-28-31-20-26(18-25(19-27-5-4-14-47-27)30(36)41-11-15-45-16-12-43-33(37)38)32(28)21-23-7-9-24(10-8-23)29(35)42-22-46-17-13-44-34(39)40/h4-5,7-10,14,18,20,37-40H,2-3,6,11-13,15-17,19,21-22H2,1H3/b25-18+. The summed E-state index contributed by atoms with van der Waals surface area (Å²) in [4.78, 5) is 40.4. The molecule has 258 valence electrons. The molecule has 4 N–H and O–H groups in total. The van der Waals surface area contributed by atoms with Crippen LogP contribution in [0.2, 0.25) is 0 Å². The number of aromatic nitrogens is 2. The molecule has 0 aliphatic heterocycles. The lowest BCUT2D eigenvalue weighted by Gasteiger charge is -2.13. The molecule has 0 saturated heterocycles. The minimum atomic E-state index is -0.476. The van der Waals surface area contributed by atoms with Crippen LogP contribution in [0.1, 0.15) is 52.1 Å². The van der Waals surface area contributed by atoms with Gasteiger partial charge in [-0.15, -0.1) is 23.1 Å². The Morgan fingerprint density at radius 1 is 0.957 bits per heavy atom. The van der Waals surface area contributed by atoms with Crippen molar-refractivity contribution in [2.45, 2.75) is 39.2 Å². The number of thiophene rings is 1. The van der Waals surface area contributed by atoms with Gasteiger partial charge in [0.25, 0.3) is 0 Å². The summed E-state index contributed by atoms with van der Waals surface area (Å²) in [5.74, 6) is 1.47. The zero-order chi connectivity index (χ0) is 33.9. The molecule has 3 rings (SSSR count). The molecule has 3 aromatic rings. The van der Waals surface area contributed by atoms with Crippen LogP contribution in [-0.2, 0) is 43.3 Å². The number of hydrogen-bond donors (Lipinski definition) is 4. The Labute approximate surface area is 285 Å². The first-order chi connectivity index (χ1) is 22.8. The SMILES string of the molecule is CCCCc1ncc(/C=C(\Cc2cccs2)C(=O)OCCSCCON(O)O)n1Cc1ccc(C(=O)OCSCCON(O)O)cc1. The molecule has 0 amide bonds. The van der Waals surface area contributed by atoms with Crippen molar-refractivity contribution in [2.24, 2.45) is 0 Å². The number of rotatable bonds is 23. The van der Waals surface area contributed by atoms with Crippen LogP contribution >= 0.6 is 34.9 Å². The van der Waals surface area contributed by atoms with E-state index >= 15 is 0 Å². The maximum absolute atomic E-state index is 13.3. The van der Waals surface area contributed by atoms with Crippen LogP contribution in [0, 0.1) is 0 Å². The van der Waals surface area contributed by atoms with Crippen LogP contribution in [0.4, 0.5) is 0 Å². The van der Waals surface area contributed by atoms with Gasteiger partial charge in [0, 0.05) is 47.1 Å². The van der Waals surface area contributed by atoms with Crippen LogP contribution in [0.25, 0.3) is 6.08 Å². The average Bonchev–Trinajstić information content (AvgIpc) is 3.70. The molecule has 14 nitrogen and oxygen atoms in total. The van der Waals surface area contributed by atoms with Crippen molar-refractivity contribution >= 4 is 52.9 Å². The van der Waals surface area contributed by atoms with E-state index in [1.165, 1.54) is 23.5 Å². The van der Waals surface area contributed by atoms with Crippen molar-refractivity contribution in [3.63, 3.8) is 0 Å². The van der Waals surface area contributed by atoms with Gasteiger partial charge in [0.05, 0.1) is 41.4 Å². The fourth-order valence-corrected chi connectivity index (χ4v) is 5.96. The van der Waals surface area contributed by atoms with Gasteiger partial charge in [0.1, 0.15) is 18.4 Å². The Bertz CT molecular complexity index is 1370. The highest BCUT2D eigenvalue weighted by Gasteiger charge is 2.17. The van der Waals surface area contributed by atoms with Crippen molar-refractivity contribution in [2.75, 3.05) is 43.0 Å². The van der Waals surface area contributed by atoms with Crippen molar-refractivity contribution in [3.8, 4) is 0 Å². The normalized spacial score (nSPS) is 11.9. The summed E-state index contributed by atoms with van der Waals surface area (Å²) in [7, 11) is 0. The number of aryl methyl sites for hydroxylation is 1. The smallest absolute Gasteiger partial charge is 0.338 e. The van der Waals surface area contributed by atoms with Crippen LogP contribution < -0.4 is 0 Å². The number of imidazole rings is 1. The monoisotopic (exact) mass is 712 g/mol. The van der Waals surface area contributed by atoms with E-state index in [1.807, 2.05) is 35.7 Å². The maximum atomic E-state index is 13.3. The van der Waals surface area contributed by atoms with Crippen LogP contribution in [-0.4, -0.2) is 96.1 Å². The highest BCUT2D eigenvalue weighted by atomic mass is 32.2. The van der Waals surface area contributed by atoms with Gasteiger partial charge in [-0.2, -0.15) is 11.8 Å². The topological polar surface area (TPSA) is 176 Å². The molecule has 0 radical (unpaired) electrons. The average molecular weight is 713 g/mol. The van der Waals surface area contributed by atoms with E-state index in [4.69, 9.17) is 30.3 Å². The zero-order valence-electron chi connectivity index (χ0n) is 25.9. The second kappa shape index (κ2) is 21.9. The Hall–Kier alpha value is -2.81. The van der Waals surface area contributed by atoms with Crippen LogP contribution in [0.3, 0.4) is 0 Å². The number of esters is 2. The van der Waals surface area contributed by atoms with Crippen molar-refractivity contribution < 1.29 is 49.6 Å². The lowest BCUT2D eigenvalue weighted by atomic mass is 10.1. The molecule has 0 bridgehead atoms. The number of hydrogen-bond acceptors (Lipinski definition) is 16. The highest BCUT2D eigenvalue weighted by molar-refractivity contribution is 7.99. The zero-order valence-corrected chi connectivity index (χ0v) is 28.4. The predicted octanol–water partition coefficient (Wildman–Crippen LogP) is 5.11. The van der Waals surface area contributed by atoms with Crippen LogP contribution in [0.5, 0.6) is 0 Å². The first-order valence-electron chi connectivity index (χ1n) is 14.7. The second-order valence-corrected chi connectivity index (χ2v) is 13.1. The third-order valence-electron chi connectivity index (χ3n) is 6.39. The molecule has 1 aromatic carbocycles. The van der Waals surface area contributed by atoms with Crippen molar-refractivity contribution in [1.82, 2.24) is 20.3 Å². The van der Waals surface area contributed by atoms with Gasteiger partial charge in [-0.1, -0.05) is 31.5 Å². The summed E-state index contributed by atoms with van der Waals surface area (Å²) in [6.07, 6.45) is 6.72. The van der Waals surface area contributed by atoms with E-state index in [9.17, 15) is 9.59 Å². The Kier molecular flexibility index (Phi) is 18.0. The van der Waals surface area contributed by atoms with E-state index in [0.29, 0.717) is 41.4 Å². The fraction of sp³-hybridized carbons (Fsp3) is 0.433. The summed E-state index contributed by atoms with van der Waals surface area (Å²) in [5, 5.41) is 35.5. The lowest BCUT2D eigenvalue weighted by Crippen LogP contribution is -2.16. The third kappa shape index (κ3) is 14.9. The number of carbonyl (C=O) groups excluding carboxylic acids is 2.